The van der Waals surface area contributed by atoms with Crippen molar-refractivity contribution in [3.05, 3.63) is 0 Å². The topological polar surface area (TPSA) is 0 Å². The van der Waals surface area contributed by atoms with E-state index in [-0.39, 0.29) is 0 Å². The predicted octanol–water partition coefficient (Wildman–Crippen LogP) is 5.77. The minimum absolute atomic E-state index is 0.833. The van der Waals surface area contributed by atoms with Crippen LogP contribution in [0, 0.1) is 23.7 Å². The SMILES string of the molecule is CC(C)C.CCC(C)C(C)CCC(C)C. The molecule has 0 saturated carbocycles. The second-order valence-corrected chi connectivity index (χ2v) is 6.07. The Hall–Kier alpha value is 0. The summed E-state index contributed by atoms with van der Waals surface area (Å²) in [5, 5.41) is 0. The Morgan fingerprint density at radius 3 is 1.33 bits per heavy atom. The van der Waals surface area contributed by atoms with Crippen LogP contribution in [0.2, 0.25) is 0 Å². The molecule has 0 aromatic rings. The number of hydrogen-bond donors (Lipinski definition) is 0. The van der Waals surface area contributed by atoms with Crippen molar-refractivity contribution in [2.24, 2.45) is 23.7 Å². The van der Waals surface area contributed by atoms with E-state index < -0.39 is 0 Å². The summed E-state index contributed by atoms with van der Waals surface area (Å²) in [4.78, 5) is 0. The van der Waals surface area contributed by atoms with Crippen molar-refractivity contribution in [2.45, 2.75) is 74.7 Å². The lowest BCUT2D eigenvalue weighted by Gasteiger charge is -2.18. The summed E-state index contributed by atoms with van der Waals surface area (Å²) in [6, 6.07) is 0. The third-order valence-electron chi connectivity index (χ3n) is 2.81. The third kappa shape index (κ3) is 16.7. The van der Waals surface area contributed by atoms with Crippen LogP contribution in [0.15, 0.2) is 0 Å². The zero-order chi connectivity index (χ0) is 12.4. The lowest BCUT2D eigenvalue weighted by molar-refractivity contribution is 0.330. The summed E-state index contributed by atoms with van der Waals surface area (Å²) >= 11 is 0. The van der Waals surface area contributed by atoms with Gasteiger partial charge in [0, 0.05) is 0 Å². The van der Waals surface area contributed by atoms with Gasteiger partial charge in [-0.1, -0.05) is 74.7 Å². The van der Waals surface area contributed by atoms with Crippen molar-refractivity contribution in [1.29, 1.82) is 0 Å². The molecule has 0 heterocycles. The molecule has 0 radical (unpaired) electrons. The Balaban J connectivity index is 0. The van der Waals surface area contributed by atoms with Gasteiger partial charge in [-0.25, -0.2) is 0 Å². The van der Waals surface area contributed by atoms with Crippen LogP contribution in [-0.2, 0) is 0 Å². The Labute approximate surface area is 98.9 Å². The van der Waals surface area contributed by atoms with Crippen LogP contribution in [-0.4, -0.2) is 0 Å². The fourth-order valence-electron chi connectivity index (χ4n) is 1.28. The fraction of sp³-hybridized carbons (Fsp3) is 1.00. The summed E-state index contributed by atoms with van der Waals surface area (Å²) in [5.74, 6) is 3.54. The van der Waals surface area contributed by atoms with Crippen LogP contribution in [0.4, 0.5) is 0 Å². The van der Waals surface area contributed by atoms with Crippen molar-refractivity contribution < 1.29 is 0 Å². The molecule has 0 aliphatic heterocycles. The molecule has 0 aromatic carbocycles. The second kappa shape index (κ2) is 10.5. The number of rotatable bonds is 5. The Bertz CT molecular complexity index is 110. The molecule has 0 saturated heterocycles. The molecular formula is C15H34. The molecule has 0 spiro atoms. The molecule has 0 aliphatic carbocycles. The van der Waals surface area contributed by atoms with E-state index in [1.807, 2.05) is 0 Å². The maximum Gasteiger partial charge on any atom is -0.0417 e. The highest BCUT2D eigenvalue weighted by molar-refractivity contribution is 4.61. The molecule has 0 amide bonds. The molecule has 0 N–H and O–H groups in total. The van der Waals surface area contributed by atoms with Gasteiger partial charge in [0.25, 0.3) is 0 Å². The molecule has 0 heteroatoms. The first kappa shape index (κ1) is 17.4. The van der Waals surface area contributed by atoms with Gasteiger partial charge in [-0.2, -0.15) is 0 Å². The first-order valence-corrected chi connectivity index (χ1v) is 6.81. The highest BCUT2D eigenvalue weighted by Crippen LogP contribution is 2.21. The van der Waals surface area contributed by atoms with Gasteiger partial charge < -0.3 is 0 Å². The maximum atomic E-state index is 2.39. The highest BCUT2D eigenvalue weighted by atomic mass is 14.2. The summed E-state index contributed by atoms with van der Waals surface area (Å²) in [6.07, 6.45) is 4.14. The van der Waals surface area contributed by atoms with Crippen LogP contribution in [0.25, 0.3) is 0 Å². The van der Waals surface area contributed by atoms with Gasteiger partial charge in [0.05, 0.1) is 0 Å². The average Bonchev–Trinajstić information content (AvgIpc) is 2.11. The van der Waals surface area contributed by atoms with E-state index in [0.717, 1.165) is 23.7 Å². The summed E-state index contributed by atoms with van der Waals surface area (Å²) in [7, 11) is 0. The van der Waals surface area contributed by atoms with E-state index in [1.54, 1.807) is 0 Å². The first-order valence-electron chi connectivity index (χ1n) is 6.81. The van der Waals surface area contributed by atoms with Crippen molar-refractivity contribution in [3.8, 4) is 0 Å². The quantitative estimate of drug-likeness (QED) is 0.545. The molecule has 15 heavy (non-hydrogen) atoms. The second-order valence-electron chi connectivity index (χ2n) is 6.07. The molecule has 2 unspecified atom stereocenters. The minimum atomic E-state index is 0.833. The monoisotopic (exact) mass is 214 g/mol. The molecule has 0 bridgehead atoms. The standard InChI is InChI=1S/C11H24.C4H10/c1-6-10(4)11(5)8-7-9(2)3;1-4(2)3/h9-11H,6-8H2,1-5H3;4H,1-3H3. The largest absolute Gasteiger partial charge is 0.0651 e. The molecule has 2 atom stereocenters. The maximum absolute atomic E-state index is 2.39. The van der Waals surface area contributed by atoms with E-state index in [9.17, 15) is 0 Å². The van der Waals surface area contributed by atoms with Crippen molar-refractivity contribution in [2.75, 3.05) is 0 Å². The third-order valence-corrected chi connectivity index (χ3v) is 2.81. The highest BCUT2D eigenvalue weighted by Gasteiger charge is 2.09. The summed E-state index contributed by atoms with van der Waals surface area (Å²) < 4.78 is 0. The van der Waals surface area contributed by atoms with Crippen molar-refractivity contribution in [3.63, 3.8) is 0 Å². The van der Waals surface area contributed by atoms with Crippen LogP contribution < -0.4 is 0 Å². The zero-order valence-corrected chi connectivity index (χ0v) is 12.4. The van der Waals surface area contributed by atoms with E-state index in [0.29, 0.717) is 0 Å². The average molecular weight is 214 g/mol. The molecule has 0 fully saturated rings. The Morgan fingerprint density at radius 1 is 0.667 bits per heavy atom. The summed E-state index contributed by atoms with van der Waals surface area (Å²) in [6.45, 7) is 18.2. The van der Waals surface area contributed by atoms with Gasteiger partial charge in [0.2, 0.25) is 0 Å². The molecule has 0 rings (SSSR count). The Kier molecular flexibility index (Phi) is 12.2. The van der Waals surface area contributed by atoms with E-state index in [4.69, 9.17) is 0 Å². The first-order chi connectivity index (χ1) is 6.81. The van der Waals surface area contributed by atoms with Crippen molar-refractivity contribution in [1.82, 2.24) is 0 Å². The molecular weight excluding hydrogens is 180 g/mol. The van der Waals surface area contributed by atoms with Crippen LogP contribution >= 0.6 is 0 Å². The Morgan fingerprint density at radius 2 is 1.07 bits per heavy atom. The zero-order valence-electron chi connectivity index (χ0n) is 12.4. The van der Waals surface area contributed by atoms with Gasteiger partial charge in [-0.3, -0.25) is 0 Å². The fourth-order valence-corrected chi connectivity index (χ4v) is 1.28. The molecule has 0 aromatic heterocycles. The molecule has 0 aliphatic rings. The van der Waals surface area contributed by atoms with Gasteiger partial charge in [-0.05, 0) is 23.7 Å². The lowest BCUT2D eigenvalue weighted by Crippen LogP contribution is -2.07. The van der Waals surface area contributed by atoms with E-state index in [1.165, 1.54) is 19.3 Å². The number of hydrogen-bond acceptors (Lipinski definition) is 0. The van der Waals surface area contributed by atoms with Gasteiger partial charge in [0.15, 0.2) is 0 Å². The van der Waals surface area contributed by atoms with Crippen LogP contribution in [0.5, 0.6) is 0 Å². The van der Waals surface area contributed by atoms with Crippen molar-refractivity contribution >= 4 is 0 Å². The minimum Gasteiger partial charge on any atom is -0.0651 e. The van der Waals surface area contributed by atoms with Crippen LogP contribution in [0.3, 0.4) is 0 Å². The van der Waals surface area contributed by atoms with E-state index >= 15 is 0 Å². The predicted molar refractivity (Wildman–Crippen MR) is 73.2 cm³/mol. The molecule has 94 valence electrons. The molecule has 0 nitrogen and oxygen atoms in total. The van der Waals surface area contributed by atoms with Gasteiger partial charge in [0.1, 0.15) is 0 Å². The van der Waals surface area contributed by atoms with Gasteiger partial charge >= 0.3 is 0 Å². The normalized spacial score (nSPS) is 14.8. The smallest absolute Gasteiger partial charge is 0.0417 e. The lowest BCUT2D eigenvalue weighted by atomic mass is 9.88. The van der Waals surface area contributed by atoms with Crippen LogP contribution in [0.1, 0.15) is 74.7 Å². The summed E-state index contributed by atoms with van der Waals surface area (Å²) in [5.41, 5.74) is 0. The van der Waals surface area contributed by atoms with Gasteiger partial charge in [-0.15, -0.1) is 0 Å². The van der Waals surface area contributed by atoms with E-state index in [2.05, 4.69) is 55.4 Å².